The molecule has 1 heterocycles. The summed E-state index contributed by atoms with van der Waals surface area (Å²) in [5, 5.41) is 10.9. The lowest BCUT2D eigenvalue weighted by atomic mass is 9.91. The van der Waals surface area contributed by atoms with Gasteiger partial charge in [0.1, 0.15) is 11.4 Å². The van der Waals surface area contributed by atoms with Crippen LogP contribution in [-0.4, -0.2) is 14.7 Å². The summed E-state index contributed by atoms with van der Waals surface area (Å²) >= 11 is 0. The van der Waals surface area contributed by atoms with E-state index in [1.165, 1.54) is 0 Å². The molecule has 1 N–H and O–H groups in total. The number of benzene rings is 1. The Balaban J connectivity index is 2.47. The summed E-state index contributed by atoms with van der Waals surface area (Å²) in [7, 11) is 0. The second-order valence-electron chi connectivity index (χ2n) is 4.83. The van der Waals surface area contributed by atoms with E-state index in [0.717, 1.165) is 24.1 Å². The third-order valence-electron chi connectivity index (χ3n) is 3.28. The van der Waals surface area contributed by atoms with Crippen LogP contribution in [0.5, 0.6) is 0 Å². The molecule has 96 valence electrons. The van der Waals surface area contributed by atoms with Crippen LogP contribution >= 0.6 is 0 Å². The largest absolute Gasteiger partial charge is 0.377 e. The predicted octanol–water partition coefficient (Wildman–Crippen LogP) is 2.86. The average molecular weight is 244 g/mol. The fraction of sp³-hybridized carbons (Fsp3) is 0.400. The molecule has 1 unspecified atom stereocenters. The maximum atomic E-state index is 10.9. The molecule has 0 amide bonds. The highest BCUT2D eigenvalue weighted by Gasteiger charge is 2.31. The Bertz CT molecular complexity index is 529. The smallest absolute Gasteiger partial charge is 0.145 e. The number of nitrogens with zero attached hydrogens (tertiary/aromatic N) is 2. The van der Waals surface area contributed by atoms with Gasteiger partial charge in [0.2, 0.25) is 0 Å². The third-order valence-corrected chi connectivity index (χ3v) is 3.28. The lowest BCUT2D eigenvalue weighted by Crippen LogP contribution is -2.28. The van der Waals surface area contributed by atoms with Crippen LogP contribution in [0.1, 0.15) is 37.2 Å². The van der Waals surface area contributed by atoms with E-state index < -0.39 is 5.60 Å². The number of imidazole rings is 1. The van der Waals surface area contributed by atoms with E-state index in [0.29, 0.717) is 5.82 Å². The highest BCUT2D eigenvalue weighted by molar-refractivity contribution is 5.35. The Morgan fingerprint density at radius 3 is 2.72 bits per heavy atom. The summed E-state index contributed by atoms with van der Waals surface area (Å²) in [5.41, 5.74) is 0.936. The van der Waals surface area contributed by atoms with E-state index in [9.17, 15) is 5.11 Å². The van der Waals surface area contributed by atoms with Gasteiger partial charge >= 0.3 is 0 Å². The normalized spacial score (nSPS) is 14.4. The van der Waals surface area contributed by atoms with E-state index in [-0.39, 0.29) is 0 Å². The molecule has 1 aromatic heterocycles. The SMILES string of the molecule is CCCn1ccnc1C(C)(O)c1ccccc1C. The first-order chi connectivity index (χ1) is 8.57. The van der Waals surface area contributed by atoms with E-state index in [4.69, 9.17) is 0 Å². The zero-order chi connectivity index (χ0) is 13.2. The first kappa shape index (κ1) is 12.8. The molecular weight excluding hydrogens is 224 g/mol. The van der Waals surface area contributed by atoms with Crippen molar-refractivity contribution >= 4 is 0 Å². The fourth-order valence-corrected chi connectivity index (χ4v) is 2.40. The zero-order valence-corrected chi connectivity index (χ0v) is 11.2. The van der Waals surface area contributed by atoms with Crippen LogP contribution in [0.4, 0.5) is 0 Å². The number of hydrogen-bond acceptors (Lipinski definition) is 2. The molecular formula is C15H20N2O. The Kier molecular flexibility index (Phi) is 3.53. The van der Waals surface area contributed by atoms with Gasteiger partial charge in [-0.15, -0.1) is 0 Å². The van der Waals surface area contributed by atoms with E-state index in [1.807, 2.05) is 48.9 Å². The molecule has 2 rings (SSSR count). The van der Waals surface area contributed by atoms with Crippen molar-refractivity contribution in [3.05, 3.63) is 53.6 Å². The monoisotopic (exact) mass is 244 g/mol. The molecule has 0 saturated heterocycles. The maximum Gasteiger partial charge on any atom is 0.145 e. The summed E-state index contributed by atoms with van der Waals surface area (Å²) in [6.45, 7) is 6.81. The van der Waals surface area contributed by atoms with Gasteiger partial charge in [0, 0.05) is 18.9 Å². The van der Waals surface area contributed by atoms with E-state index >= 15 is 0 Å². The van der Waals surface area contributed by atoms with Crippen molar-refractivity contribution in [3.63, 3.8) is 0 Å². The van der Waals surface area contributed by atoms with Crippen molar-refractivity contribution in [2.75, 3.05) is 0 Å². The summed E-state index contributed by atoms with van der Waals surface area (Å²) in [5.74, 6) is 0.707. The Hall–Kier alpha value is -1.61. The highest BCUT2D eigenvalue weighted by atomic mass is 16.3. The second kappa shape index (κ2) is 4.94. The fourth-order valence-electron chi connectivity index (χ4n) is 2.40. The minimum atomic E-state index is -1.05. The van der Waals surface area contributed by atoms with Crippen LogP contribution in [0, 0.1) is 6.92 Å². The van der Waals surface area contributed by atoms with Crippen LogP contribution in [0.25, 0.3) is 0 Å². The molecule has 0 bridgehead atoms. The first-order valence-corrected chi connectivity index (χ1v) is 6.37. The van der Waals surface area contributed by atoms with Gasteiger partial charge in [0.15, 0.2) is 0 Å². The lowest BCUT2D eigenvalue weighted by molar-refractivity contribution is 0.0872. The third kappa shape index (κ3) is 2.18. The van der Waals surface area contributed by atoms with E-state index in [1.54, 1.807) is 6.20 Å². The Morgan fingerprint density at radius 1 is 1.33 bits per heavy atom. The summed E-state index contributed by atoms with van der Waals surface area (Å²) in [6, 6.07) is 7.90. The molecule has 0 saturated carbocycles. The van der Waals surface area contributed by atoms with Crippen molar-refractivity contribution in [1.29, 1.82) is 0 Å². The van der Waals surface area contributed by atoms with Gasteiger partial charge in [-0.25, -0.2) is 4.98 Å². The van der Waals surface area contributed by atoms with Crippen molar-refractivity contribution in [2.24, 2.45) is 0 Å². The second-order valence-corrected chi connectivity index (χ2v) is 4.83. The van der Waals surface area contributed by atoms with Crippen molar-refractivity contribution in [3.8, 4) is 0 Å². The maximum absolute atomic E-state index is 10.9. The highest BCUT2D eigenvalue weighted by Crippen LogP contribution is 2.30. The summed E-state index contributed by atoms with van der Waals surface area (Å²) in [4.78, 5) is 4.34. The molecule has 0 aliphatic rings. The Labute approximate surface area is 108 Å². The predicted molar refractivity (Wildman–Crippen MR) is 72.4 cm³/mol. The van der Waals surface area contributed by atoms with Crippen LogP contribution in [-0.2, 0) is 12.1 Å². The van der Waals surface area contributed by atoms with Crippen molar-refractivity contribution < 1.29 is 5.11 Å². The number of hydrogen-bond donors (Lipinski definition) is 1. The molecule has 0 radical (unpaired) electrons. The summed E-state index contributed by atoms with van der Waals surface area (Å²) in [6.07, 6.45) is 4.69. The zero-order valence-electron chi connectivity index (χ0n) is 11.2. The van der Waals surface area contributed by atoms with Gasteiger partial charge in [-0.1, -0.05) is 31.2 Å². The van der Waals surface area contributed by atoms with Gasteiger partial charge in [-0.05, 0) is 31.4 Å². The van der Waals surface area contributed by atoms with Crippen LogP contribution < -0.4 is 0 Å². The van der Waals surface area contributed by atoms with Gasteiger partial charge in [-0.3, -0.25) is 0 Å². The number of aliphatic hydroxyl groups is 1. The molecule has 18 heavy (non-hydrogen) atoms. The average Bonchev–Trinajstić information content (AvgIpc) is 2.79. The quantitative estimate of drug-likeness (QED) is 0.898. The van der Waals surface area contributed by atoms with Crippen molar-refractivity contribution in [2.45, 2.75) is 39.3 Å². The molecule has 2 aromatic rings. The topological polar surface area (TPSA) is 38.0 Å². The lowest BCUT2D eigenvalue weighted by Gasteiger charge is -2.26. The molecule has 0 aliphatic carbocycles. The molecule has 0 fully saturated rings. The minimum Gasteiger partial charge on any atom is -0.377 e. The number of rotatable bonds is 4. The van der Waals surface area contributed by atoms with Gasteiger partial charge in [-0.2, -0.15) is 0 Å². The Morgan fingerprint density at radius 2 is 2.06 bits per heavy atom. The molecule has 1 atom stereocenters. The van der Waals surface area contributed by atoms with Gasteiger partial charge < -0.3 is 9.67 Å². The molecule has 0 spiro atoms. The first-order valence-electron chi connectivity index (χ1n) is 6.37. The van der Waals surface area contributed by atoms with Crippen LogP contribution in [0.15, 0.2) is 36.7 Å². The van der Waals surface area contributed by atoms with E-state index in [2.05, 4.69) is 11.9 Å². The standard InChI is InChI=1S/C15H20N2O/c1-4-10-17-11-9-16-14(17)15(3,18)13-8-6-5-7-12(13)2/h5-9,11,18H,4,10H2,1-3H3. The molecule has 3 nitrogen and oxygen atoms in total. The minimum absolute atomic E-state index is 0.707. The molecule has 3 heteroatoms. The van der Waals surface area contributed by atoms with Crippen molar-refractivity contribution in [1.82, 2.24) is 9.55 Å². The van der Waals surface area contributed by atoms with Crippen LogP contribution in [0.3, 0.4) is 0 Å². The molecule has 1 aromatic carbocycles. The summed E-state index contributed by atoms with van der Waals surface area (Å²) < 4.78 is 2.02. The number of aromatic nitrogens is 2. The number of aryl methyl sites for hydroxylation is 2. The van der Waals surface area contributed by atoms with Gasteiger partial charge in [0.05, 0.1) is 0 Å². The van der Waals surface area contributed by atoms with Gasteiger partial charge in [0.25, 0.3) is 0 Å². The molecule has 0 aliphatic heterocycles. The van der Waals surface area contributed by atoms with Crippen LogP contribution in [0.2, 0.25) is 0 Å².